The number of thiol groups is 3. The van der Waals surface area contributed by atoms with E-state index in [0.717, 1.165) is 0 Å². The Kier molecular flexibility index (Phi) is 5.60. The average Bonchev–Trinajstić information content (AvgIpc) is 1.76. The summed E-state index contributed by atoms with van der Waals surface area (Å²) in [6.45, 7) is 3.34. The highest BCUT2D eigenvalue weighted by Crippen LogP contribution is 2.16. The lowest BCUT2D eigenvalue weighted by molar-refractivity contribution is 0.512. The van der Waals surface area contributed by atoms with Crippen LogP contribution in [-0.2, 0) is 32.1 Å². The van der Waals surface area contributed by atoms with E-state index in [1.807, 2.05) is 0 Å². The molecule has 85 valence electrons. The van der Waals surface area contributed by atoms with E-state index in [1.165, 1.54) is 0 Å². The van der Waals surface area contributed by atoms with Gasteiger partial charge in [0.1, 0.15) is 32.1 Å². The van der Waals surface area contributed by atoms with Crippen LogP contribution in [0.5, 0.6) is 0 Å². The van der Waals surface area contributed by atoms with Gasteiger partial charge >= 0.3 is 0 Å². The summed E-state index contributed by atoms with van der Waals surface area (Å²) in [6, 6.07) is 0. The lowest BCUT2D eigenvalue weighted by atomic mass is 10.00. The Bertz CT molecular complexity index is 318. The standard InChI is InChI=1S/C5H11O6S3/c1-5(2-12(6)7,3-13(8)9)4-14(10)11/h12-14H,1-4H2. The summed E-state index contributed by atoms with van der Waals surface area (Å²) in [5.74, 6) is -1.64. The van der Waals surface area contributed by atoms with Gasteiger partial charge in [-0.3, -0.25) is 0 Å². The van der Waals surface area contributed by atoms with Gasteiger partial charge in [0.15, 0.2) is 0 Å². The molecule has 0 saturated carbocycles. The minimum atomic E-state index is -2.85. The largest absolute Gasteiger partial charge is 0.232 e. The minimum Gasteiger partial charge on any atom is -0.232 e. The van der Waals surface area contributed by atoms with Crippen LogP contribution in [-0.4, -0.2) is 42.5 Å². The molecule has 0 rings (SSSR count). The van der Waals surface area contributed by atoms with Crippen molar-refractivity contribution in [3.8, 4) is 0 Å². The van der Waals surface area contributed by atoms with Gasteiger partial charge in [0.05, 0.1) is 17.3 Å². The third kappa shape index (κ3) is 6.33. The predicted molar refractivity (Wildman–Crippen MR) is 53.3 cm³/mol. The lowest BCUT2D eigenvalue weighted by Crippen LogP contribution is -2.32. The summed E-state index contributed by atoms with van der Waals surface area (Å²) in [5.41, 5.74) is -1.47. The normalized spacial score (nSPS) is 12.9. The third-order valence-electron chi connectivity index (χ3n) is 1.39. The topological polar surface area (TPSA) is 102 Å². The first-order chi connectivity index (χ1) is 6.25. The fourth-order valence-electron chi connectivity index (χ4n) is 0.972. The molecular weight excluding hydrogens is 252 g/mol. The van der Waals surface area contributed by atoms with Gasteiger partial charge in [-0.2, -0.15) is 0 Å². The molecule has 14 heavy (non-hydrogen) atoms. The summed E-state index contributed by atoms with van der Waals surface area (Å²) >= 11 is 0. The average molecular weight is 263 g/mol. The minimum absolute atomic E-state index is 0.547. The smallest absolute Gasteiger partial charge is 0.140 e. The third-order valence-corrected chi connectivity index (χ3v) is 4.18. The SMILES string of the molecule is [CH2]C(C[SH](=O)=O)(C[SH](=O)=O)C[SH](=O)=O. The van der Waals surface area contributed by atoms with E-state index in [0.29, 0.717) is 0 Å². The highest BCUT2D eigenvalue weighted by atomic mass is 32.2. The van der Waals surface area contributed by atoms with E-state index in [4.69, 9.17) is 0 Å². The van der Waals surface area contributed by atoms with E-state index in [9.17, 15) is 25.3 Å². The van der Waals surface area contributed by atoms with Crippen molar-refractivity contribution in [2.24, 2.45) is 5.41 Å². The molecule has 0 aliphatic heterocycles. The van der Waals surface area contributed by atoms with E-state index >= 15 is 0 Å². The van der Waals surface area contributed by atoms with Crippen LogP contribution >= 0.6 is 0 Å². The molecule has 0 N–H and O–H groups in total. The van der Waals surface area contributed by atoms with Crippen molar-refractivity contribution in [2.75, 3.05) is 17.3 Å². The molecule has 0 aromatic carbocycles. The summed E-state index contributed by atoms with van der Waals surface area (Å²) < 4.78 is 62.3. The molecule has 0 unspecified atom stereocenters. The van der Waals surface area contributed by atoms with Crippen LogP contribution in [0, 0.1) is 12.3 Å². The first-order valence-electron chi connectivity index (χ1n) is 3.46. The van der Waals surface area contributed by atoms with Crippen LogP contribution in [0.1, 0.15) is 0 Å². The van der Waals surface area contributed by atoms with Crippen LogP contribution in [0.25, 0.3) is 0 Å². The zero-order valence-electron chi connectivity index (χ0n) is 7.12. The first-order valence-corrected chi connectivity index (χ1v) is 7.55. The Morgan fingerprint density at radius 3 is 1.07 bits per heavy atom. The second-order valence-corrected chi connectivity index (χ2v) is 5.92. The molecule has 0 aromatic rings. The quantitative estimate of drug-likeness (QED) is 0.463. The number of hydrogen-bond acceptors (Lipinski definition) is 6. The highest BCUT2D eigenvalue weighted by molar-refractivity contribution is 7.74. The summed E-state index contributed by atoms with van der Waals surface area (Å²) in [5, 5.41) is 0. The maximum absolute atomic E-state index is 10.4. The molecule has 0 aromatic heterocycles. The molecule has 0 atom stereocenters. The maximum Gasteiger partial charge on any atom is 0.140 e. The molecule has 0 spiro atoms. The van der Waals surface area contributed by atoms with E-state index in [2.05, 4.69) is 6.92 Å². The monoisotopic (exact) mass is 263 g/mol. The molecule has 0 heterocycles. The highest BCUT2D eigenvalue weighted by Gasteiger charge is 2.28. The fourth-order valence-corrected chi connectivity index (χ4v) is 3.81. The number of hydrogen-bond donors (Lipinski definition) is 3. The molecular formula is C5H11O6S3. The van der Waals surface area contributed by atoms with Crippen LogP contribution in [0.2, 0.25) is 0 Å². The van der Waals surface area contributed by atoms with Crippen LogP contribution in [0.4, 0.5) is 0 Å². The van der Waals surface area contributed by atoms with Crippen LogP contribution in [0.3, 0.4) is 0 Å². The fraction of sp³-hybridized carbons (Fsp3) is 0.800. The van der Waals surface area contributed by atoms with E-state index in [-0.39, 0.29) is 0 Å². The summed E-state index contributed by atoms with van der Waals surface area (Å²) in [7, 11) is -8.54. The molecule has 0 saturated heterocycles. The van der Waals surface area contributed by atoms with E-state index < -0.39 is 54.8 Å². The second-order valence-electron chi connectivity index (χ2n) is 2.97. The molecule has 0 amide bonds. The van der Waals surface area contributed by atoms with Gasteiger partial charge in [0.25, 0.3) is 0 Å². The van der Waals surface area contributed by atoms with Gasteiger partial charge in [0, 0.05) is 5.41 Å². The lowest BCUT2D eigenvalue weighted by Gasteiger charge is -2.20. The van der Waals surface area contributed by atoms with Crippen molar-refractivity contribution in [2.45, 2.75) is 0 Å². The Labute approximate surface area is 87.2 Å². The summed E-state index contributed by atoms with van der Waals surface area (Å²) in [4.78, 5) is 0. The second kappa shape index (κ2) is 5.66. The molecule has 6 nitrogen and oxygen atoms in total. The van der Waals surface area contributed by atoms with Gasteiger partial charge in [-0.1, -0.05) is 0 Å². The molecule has 9 heteroatoms. The van der Waals surface area contributed by atoms with Gasteiger partial charge in [-0.05, 0) is 6.92 Å². The van der Waals surface area contributed by atoms with E-state index in [1.54, 1.807) is 0 Å². The Balaban J connectivity index is 4.81. The van der Waals surface area contributed by atoms with Crippen molar-refractivity contribution in [1.82, 2.24) is 0 Å². The van der Waals surface area contributed by atoms with Crippen molar-refractivity contribution in [3.63, 3.8) is 0 Å². The van der Waals surface area contributed by atoms with Gasteiger partial charge in [0.2, 0.25) is 0 Å². The van der Waals surface area contributed by atoms with Crippen molar-refractivity contribution in [1.29, 1.82) is 0 Å². The first kappa shape index (κ1) is 13.8. The van der Waals surface area contributed by atoms with Gasteiger partial charge < -0.3 is 0 Å². The Hall–Kier alpha value is -0.150. The molecule has 0 bridgehead atoms. The maximum atomic E-state index is 10.4. The van der Waals surface area contributed by atoms with Crippen molar-refractivity contribution in [3.05, 3.63) is 6.92 Å². The summed E-state index contributed by atoms with van der Waals surface area (Å²) in [6.07, 6.45) is 0. The van der Waals surface area contributed by atoms with Crippen molar-refractivity contribution < 1.29 is 25.3 Å². The van der Waals surface area contributed by atoms with Gasteiger partial charge in [-0.25, -0.2) is 25.3 Å². The molecule has 0 aliphatic rings. The molecule has 0 fully saturated rings. The Morgan fingerprint density at radius 1 is 0.714 bits per heavy atom. The van der Waals surface area contributed by atoms with Crippen LogP contribution < -0.4 is 0 Å². The zero-order valence-corrected chi connectivity index (χ0v) is 9.80. The molecule has 0 aliphatic carbocycles. The van der Waals surface area contributed by atoms with Crippen molar-refractivity contribution >= 4 is 32.1 Å². The molecule has 1 radical (unpaired) electrons. The number of rotatable bonds is 6. The predicted octanol–water partition coefficient (Wildman–Crippen LogP) is -2.36. The van der Waals surface area contributed by atoms with Gasteiger partial charge in [-0.15, -0.1) is 0 Å². The van der Waals surface area contributed by atoms with Crippen LogP contribution in [0.15, 0.2) is 0 Å². The zero-order chi connectivity index (χ0) is 11.4. The Morgan fingerprint density at radius 2 is 0.929 bits per heavy atom.